The minimum Gasteiger partial charge on any atom is -0.192 e. The number of rotatable bonds is 2. The van der Waals surface area contributed by atoms with Gasteiger partial charge in [-0.1, -0.05) is 50.2 Å². The molecule has 0 bridgehead atoms. The third kappa shape index (κ3) is 2.05. The van der Waals surface area contributed by atoms with Crippen LogP contribution in [0, 0.1) is 0 Å². The van der Waals surface area contributed by atoms with Crippen LogP contribution in [0.15, 0.2) is 72.9 Å². The molecule has 1 aliphatic rings. The van der Waals surface area contributed by atoms with E-state index in [-0.39, 0.29) is 11.0 Å². The van der Waals surface area contributed by atoms with E-state index in [9.17, 15) is 0 Å². The van der Waals surface area contributed by atoms with E-state index < -0.39 is 0 Å². The predicted octanol–water partition coefficient (Wildman–Crippen LogP) is 6.75. The summed E-state index contributed by atoms with van der Waals surface area (Å²) >= 11 is 0. The topological polar surface area (TPSA) is 3.88 Å². The number of hydrogen-bond donors (Lipinski definition) is 0. The Labute approximate surface area is 167 Å². The highest BCUT2D eigenvalue weighted by atomic mass is 15.1. The minimum absolute atomic E-state index is 0.0515. The van der Waals surface area contributed by atoms with Crippen molar-refractivity contribution in [2.45, 2.75) is 51.5 Å². The van der Waals surface area contributed by atoms with Crippen LogP contribution in [0.2, 0.25) is 0 Å². The molecule has 1 heteroatoms. The molecule has 1 nitrogen and oxygen atoms in total. The maximum absolute atomic E-state index is 2.55. The summed E-state index contributed by atoms with van der Waals surface area (Å²) in [5.41, 5.74) is 4.38. The maximum atomic E-state index is 2.55. The van der Waals surface area contributed by atoms with Gasteiger partial charge in [0.2, 0.25) is 5.69 Å². The van der Waals surface area contributed by atoms with Gasteiger partial charge in [0, 0.05) is 25.5 Å². The summed E-state index contributed by atoms with van der Waals surface area (Å²) in [6, 6.07) is 24.8. The fourth-order valence-corrected chi connectivity index (χ4v) is 5.51. The van der Waals surface area contributed by atoms with Crippen molar-refractivity contribution in [3.63, 3.8) is 0 Å². The Bertz CT molecular complexity index is 1220. The van der Waals surface area contributed by atoms with Crippen LogP contribution in [-0.4, -0.2) is 0 Å². The van der Waals surface area contributed by atoms with Crippen LogP contribution >= 0.6 is 0 Å². The van der Waals surface area contributed by atoms with Crippen molar-refractivity contribution in [2.24, 2.45) is 0 Å². The fraction of sp³-hybridized carbons (Fsp3) is 0.296. The van der Waals surface area contributed by atoms with E-state index in [1.165, 1.54) is 38.4 Å². The Morgan fingerprint density at radius 3 is 2.18 bits per heavy atom. The van der Waals surface area contributed by atoms with Crippen molar-refractivity contribution in [3.05, 3.63) is 78.5 Å². The van der Waals surface area contributed by atoms with Gasteiger partial charge in [-0.15, -0.1) is 0 Å². The van der Waals surface area contributed by atoms with Gasteiger partial charge in [-0.2, -0.15) is 4.57 Å². The van der Waals surface area contributed by atoms with Crippen molar-refractivity contribution in [1.29, 1.82) is 0 Å². The molecule has 0 N–H and O–H groups in total. The standard InChI is InChI=1S/C27H28N/c1-5-26(3)23-15-14-21-17-19-11-7-8-12-20(19)18-22(21)25(23)24-13-9-10-16-28(24)27(26,4)6-2/h7-18H,5-6H2,1-4H3/q+1. The lowest BCUT2D eigenvalue weighted by molar-refractivity contribution is -0.765. The highest BCUT2D eigenvalue weighted by molar-refractivity contribution is 6.05. The van der Waals surface area contributed by atoms with E-state index in [2.05, 4.69) is 105 Å². The first-order valence-electron chi connectivity index (χ1n) is 10.5. The van der Waals surface area contributed by atoms with Crippen molar-refractivity contribution >= 4 is 21.5 Å². The van der Waals surface area contributed by atoms with Gasteiger partial charge < -0.3 is 0 Å². The molecule has 5 rings (SSSR count). The average molecular weight is 367 g/mol. The van der Waals surface area contributed by atoms with Crippen LogP contribution in [-0.2, 0) is 11.0 Å². The van der Waals surface area contributed by atoms with E-state index in [0.29, 0.717) is 0 Å². The lowest BCUT2D eigenvalue weighted by atomic mass is 9.60. The van der Waals surface area contributed by atoms with Crippen LogP contribution in [0.1, 0.15) is 46.1 Å². The quantitative estimate of drug-likeness (QED) is 0.273. The predicted molar refractivity (Wildman–Crippen MR) is 119 cm³/mol. The molecule has 0 aliphatic carbocycles. The molecule has 0 saturated heterocycles. The van der Waals surface area contributed by atoms with Crippen LogP contribution in [0.4, 0.5) is 0 Å². The molecule has 0 radical (unpaired) electrons. The third-order valence-corrected chi connectivity index (χ3v) is 7.71. The van der Waals surface area contributed by atoms with E-state index in [4.69, 9.17) is 0 Å². The first-order chi connectivity index (χ1) is 13.5. The normalized spacial score (nSPS) is 23.6. The molecule has 2 heterocycles. The number of aromatic nitrogens is 1. The molecule has 0 saturated carbocycles. The Morgan fingerprint density at radius 1 is 0.750 bits per heavy atom. The first kappa shape index (κ1) is 17.4. The van der Waals surface area contributed by atoms with Crippen LogP contribution in [0.3, 0.4) is 0 Å². The van der Waals surface area contributed by atoms with E-state index in [1.54, 1.807) is 0 Å². The molecule has 0 spiro atoms. The summed E-state index contributed by atoms with van der Waals surface area (Å²) in [7, 11) is 0. The van der Waals surface area contributed by atoms with Gasteiger partial charge in [0.25, 0.3) is 0 Å². The van der Waals surface area contributed by atoms with Gasteiger partial charge in [-0.3, -0.25) is 0 Å². The molecule has 0 fully saturated rings. The lowest BCUT2D eigenvalue weighted by Crippen LogP contribution is -2.67. The molecule has 28 heavy (non-hydrogen) atoms. The second-order valence-corrected chi connectivity index (χ2v) is 8.68. The zero-order valence-corrected chi connectivity index (χ0v) is 17.3. The number of pyridine rings is 1. The SMILES string of the molecule is CCC1(C)c2ccc3cc4ccccc4cc3c2-c2cccc[n+]2C1(C)CC. The van der Waals surface area contributed by atoms with Crippen molar-refractivity contribution < 1.29 is 4.57 Å². The summed E-state index contributed by atoms with van der Waals surface area (Å²) < 4.78 is 2.55. The summed E-state index contributed by atoms with van der Waals surface area (Å²) in [6.07, 6.45) is 4.51. The molecule has 4 aromatic rings. The van der Waals surface area contributed by atoms with Gasteiger partial charge >= 0.3 is 0 Å². The summed E-state index contributed by atoms with van der Waals surface area (Å²) in [6.45, 7) is 9.58. The van der Waals surface area contributed by atoms with E-state index >= 15 is 0 Å². The zero-order valence-electron chi connectivity index (χ0n) is 17.3. The molecular formula is C27H28N+. The summed E-state index contributed by atoms with van der Waals surface area (Å²) in [5.74, 6) is 0. The Kier molecular flexibility index (Phi) is 3.68. The van der Waals surface area contributed by atoms with Gasteiger partial charge in [0.15, 0.2) is 11.7 Å². The summed E-state index contributed by atoms with van der Waals surface area (Å²) in [4.78, 5) is 0. The van der Waals surface area contributed by atoms with Gasteiger partial charge in [0.1, 0.15) is 0 Å². The number of hydrogen-bond acceptors (Lipinski definition) is 0. The fourth-order valence-electron chi connectivity index (χ4n) is 5.51. The zero-order chi connectivity index (χ0) is 19.5. The van der Waals surface area contributed by atoms with Crippen molar-refractivity contribution in [1.82, 2.24) is 0 Å². The Balaban J connectivity index is 1.97. The number of fused-ring (bicyclic) bond motifs is 6. The average Bonchev–Trinajstić information content (AvgIpc) is 2.75. The minimum atomic E-state index is 0.0515. The van der Waals surface area contributed by atoms with E-state index in [1.807, 2.05) is 0 Å². The lowest BCUT2D eigenvalue weighted by Gasteiger charge is -2.46. The maximum Gasteiger partial charge on any atom is 0.213 e. The van der Waals surface area contributed by atoms with Gasteiger partial charge in [-0.25, -0.2) is 0 Å². The Hall–Kier alpha value is -2.67. The number of nitrogens with zero attached hydrogens (tertiary/aromatic N) is 1. The molecule has 0 amide bonds. The molecule has 2 unspecified atom stereocenters. The highest BCUT2D eigenvalue weighted by Crippen LogP contribution is 2.51. The molecule has 3 aromatic carbocycles. The molecule has 140 valence electrons. The largest absolute Gasteiger partial charge is 0.213 e. The molecule has 2 atom stereocenters. The van der Waals surface area contributed by atoms with Gasteiger partial charge in [-0.05, 0) is 58.7 Å². The molecule has 1 aliphatic heterocycles. The highest BCUT2D eigenvalue weighted by Gasteiger charge is 2.56. The first-order valence-corrected chi connectivity index (χ1v) is 10.5. The molecular weight excluding hydrogens is 338 g/mol. The molecule has 1 aromatic heterocycles. The number of benzene rings is 3. The van der Waals surface area contributed by atoms with Crippen LogP contribution < -0.4 is 4.57 Å². The van der Waals surface area contributed by atoms with Crippen molar-refractivity contribution in [3.8, 4) is 11.3 Å². The smallest absolute Gasteiger partial charge is 0.192 e. The Morgan fingerprint density at radius 2 is 1.46 bits per heavy atom. The van der Waals surface area contributed by atoms with Gasteiger partial charge in [0.05, 0.1) is 11.0 Å². The second-order valence-electron chi connectivity index (χ2n) is 8.68. The van der Waals surface area contributed by atoms with Crippen molar-refractivity contribution in [2.75, 3.05) is 0 Å². The third-order valence-electron chi connectivity index (χ3n) is 7.71. The van der Waals surface area contributed by atoms with Crippen LogP contribution in [0.25, 0.3) is 32.8 Å². The second kappa shape index (κ2) is 5.91. The van der Waals surface area contributed by atoms with Crippen LogP contribution in [0.5, 0.6) is 0 Å². The monoisotopic (exact) mass is 366 g/mol. The van der Waals surface area contributed by atoms with E-state index in [0.717, 1.165) is 12.8 Å². The summed E-state index contributed by atoms with van der Waals surface area (Å²) in [5, 5.41) is 5.32.